The summed E-state index contributed by atoms with van der Waals surface area (Å²) in [5.41, 5.74) is 6.69. The molecule has 7 nitrogen and oxygen atoms in total. The van der Waals surface area contributed by atoms with Gasteiger partial charge in [0.05, 0.1) is 5.75 Å². The average Bonchev–Trinajstić information content (AvgIpc) is 2.87. The van der Waals surface area contributed by atoms with Crippen molar-refractivity contribution in [2.45, 2.75) is 25.5 Å². The van der Waals surface area contributed by atoms with Gasteiger partial charge in [0.15, 0.2) is 11.0 Å². The van der Waals surface area contributed by atoms with Crippen LogP contribution in [0, 0.1) is 0 Å². The maximum absolute atomic E-state index is 11.1. The predicted molar refractivity (Wildman–Crippen MR) is 85.4 cm³/mol. The van der Waals surface area contributed by atoms with E-state index < -0.39 is 5.91 Å². The van der Waals surface area contributed by atoms with E-state index >= 15 is 0 Å². The summed E-state index contributed by atoms with van der Waals surface area (Å²) in [6.07, 6.45) is 0. The van der Waals surface area contributed by atoms with Crippen LogP contribution in [0.15, 0.2) is 29.4 Å². The zero-order chi connectivity index (χ0) is 16.1. The van der Waals surface area contributed by atoms with Crippen molar-refractivity contribution < 1.29 is 9.59 Å². The second-order valence-corrected chi connectivity index (χ2v) is 5.51. The third-order valence-corrected chi connectivity index (χ3v) is 3.81. The van der Waals surface area contributed by atoms with Crippen LogP contribution in [-0.2, 0) is 16.1 Å². The molecular formula is C14H17N5O2S. The second kappa shape index (κ2) is 7.08. The Morgan fingerprint density at radius 2 is 2.14 bits per heavy atom. The number of nitrogens with one attached hydrogen (secondary N) is 1. The molecule has 22 heavy (non-hydrogen) atoms. The van der Waals surface area contributed by atoms with Crippen molar-refractivity contribution in [2.75, 3.05) is 11.1 Å². The number of hydrogen-bond donors (Lipinski definition) is 2. The quantitative estimate of drug-likeness (QED) is 0.785. The lowest BCUT2D eigenvalue weighted by Gasteiger charge is -2.08. The molecule has 0 spiro atoms. The highest BCUT2D eigenvalue weighted by molar-refractivity contribution is 7.99. The Balaban J connectivity index is 2.32. The number of nitrogens with two attached hydrogens (primary N) is 1. The van der Waals surface area contributed by atoms with E-state index in [1.807, 2.05) is 29.7 Å². The number of carbonyl (C=O) groups is 2. The molecule has 0 aliphatic heterocycles. The Bertz CT molecular complexity index is 698. The second-order valence-electron chi connectivity index (χ2n) is 4.57. The number of benzene rings is 1. The number of primary amides is 1. The van der Waals surface area contributed by atoms with E-state index in [1.54, 1.807) is 6.07 Å². The first-order valence-corrected chi connectivity index (χ1v) is 7.72. The van der Waals surface area contributed by atoms with Gasteiger partial charge in [0, 0.05) is 24.7 Å². The number of rotatable bonds is 6. The van der Waals surface area contributed by atoms with Gasteiger partial charge < -0.3 is 15.6 Å². The van der Waals surface area contributed by atoms with Gasteiger partial charge in [-0.3, -0.25) is 9.59 Å². The van der Waals surface area contributed by atoms with Crippen LogP contribution >= 0.6 is 11.8 Å². The third-order valence-electron chi connectivity index (χ3n) is 2.82. The van der Waals surface area contributed by atoms with Crippen molar-refractivity contribution in [2.24, 2.45) is 5.73 Å². The molecule has 0 saturated carbocycles. The summed E-state index contributed by atoms with van der Waals surface area (Å²) in [5.74, 6) is 0.308. The summed E-state index contributed by atoms with van der Waals surface area (Å²) in [7, 11) is 0. The largest absolute Gasteiger partial charge is 0.369 e. The van der Waals surface area contributed by atoms with E-state index in [4.69, 9.17) is 5.73 Å². The molecule has 1 heterocycles. The van der Waals surface area contributed by atoms with Gasteiger partial charge in [0.25, 0.3) is 0 Å². The Morgan fingerprint density at radius 1 is 1.36 bits per heavy atom. The van der Waals surface area contributed by atoms with Gasteiger partial charge in [-0.1, -0.05) is 23.9 Å². The van der Waals surface area contributed by atoms with Gasteiger partial charge in [-0.15, -0.1) is 10.2 Å². The van der Waals surface area contributed by atoms with Crippen molar-refractivity contribution in [1.82, 2.24) is 14.8 Å². The molecule has 0 saturated heterocycles. The number of carbonyl (C=O) groups excluding carboxylic acids is 2. The SMILES string of the molecule is CCn1c(SCC(N)=O)nnc1-c1cccc(NC(C)=O)c1. The maximum atomic E-state index is 11.1. The molecule has 116 valence electrons. The van der Waals surface area contributed by atoms with Crippen LogP contribution in [0.5, 0.6) is 0 Å². The van der Waals surface area contributed by atoms with E-state index in [0.29, 0.717) is 23.2 Å². The zero-order valence-electron chi connectivity index (χ0n) is 12.4. The summed E-state index contributed by atoms with van der Waals surface area (Å²) in [4.78, 5) is 22.0. The summed E-state index contributed by atoms with van der Waals surface area (Å²) < 4.78 is 1.90. The van der Waals surface area contributed by atoms with E-state index in [-0.39, 0.29) is 11.7 Å². The standard InChI is InChI=1S/C14H17N5O2S/c1-3-19-13(17-18-14(19)22-8-12(15)21)10-5-4-6-11(7-10)16-9(2)20/h4-7H,3,8H2,1-2H3,(H2,15,21)(H,16,20). The lowest BCUT2D eigenvalue weighted by atomic mass is 10.2. The van der Waals surface area contributed by atoms with Gasteiger partial charge in [0.2, 0.25) is 11.8 Å². The molecule has 2 aromatic rings. The monoisotopic (exact) mass is 319 g/mol. The maximum Gasteiger partial charge on any atom is 0.227 e. The molecule has 0 aliphatic carbocycles. The van der Waals surface area contributed by atoms with Crippen molar-refractivity contribution in [3.8, 4) is 11.4 Å². The highest BCUT2D eigenvalue weighted by atomic mass is 32.2. The molecule has 0 aliphatic rings. The fourth-order valence-corrected chi connectivity index (χ4v) is 2.71. The molecule has 1 aromatic heterocycles. The number of anilines is 1. The Labute approximate surface area is 132 Å². The van der Waals surface area contributed by atoms with E-state index in [9.17, 15) is 9.59 Å². The Morgan fingerprint density at radius 3 is 2.77 bits per heavy atom. The van der Waals surface area contributed by atoms with Crippen LogP contribution in [0.25, 0.3) is 11.4 Å². The normalized spacial score (nSPS) is 10.5. The fourth-order valence-electron chi connectivity index (χ4n) is 1.97. The van der Waals surface area contributed by atoms with Crippen molar-refractivity contribution >= 4 is 29.3 Å². The summed E-state index contributed by atoms with van der Waals surface area (Å²) >= 11 is 1.26. The smallest absolute Gasteiger partial charge is 0.227 e. The Hall–Kier alpha value is -2.35. The molecular weight excluding hydrogens is 302 g/mol. The first kappa shape index (κ1) is 16.0. The van der Waals surface area contributed by atoms with Crippen molar-refractivity contribution in [3.05, 3.63) is 24.3 Å². The van der Waals surface area contributed by atoms with E-state index in [2.05, 4.69) is 15.5 Å². The van der Waals surface area contributed by atoms with Gasteiger partial charge in [-0.25, -0.2) is 0 Å². The molecule has 2 amide bonds. The molecule has 0 atom stereocenters. The summed E-state index contributed by atoms with van der Waals surface area (Å²) in [6.45, 7) is 4.09. The molecule has 0 bridgehead atoms. The van der Waals surface area contributed by atoms with Crippen molar-refractivity contribution in [1.29, 1.82) is 0 Å². The van der Waals surface area contributed by atoms with Crippen LogP contribution in [-0.4, -0.2) is 32.3 Å². The van der Waals surface area contributed by atoms with Gasteiger partial charge in [0.1, 0.15) is 0 Å². The topological polar surface area (TPSA) is 103 Å². The number of hydrogen-bond acceptors (Lipinski definition) is 5. The molecule has 0 fully saturated rings. The molecule has 3 N–H and O–H groups in total. The van der Waals surface area contributed by atoms with Gasteiger partial charge in [-0.2, -0.15) is 0 Å². The lowest BCUT2D eigenvalue weighted by Crippen LogP contribution is -2.13. The van der Waals surface area contributed by atoms with E-state index in [0.717, 1.165) is 5.56 Å². The highest BCUT2D eigenvalue weighted by Gasteiger charge is 2.14. The minimum absolute atomic E-state index is 0.133. The van der Waals surface area contributed by atoms with Gasteiger partial charge >= 0.3 is 0 Å². The Kier molecular flexibility index (Phi) is 5.16. The molecule has 0 radical (unpaired) electrons. The highest BCUT2D eigenvalue weighted by Crippen LogP contribution is 2.25. The first-order valence-electron chi connectivity index (χ1n) is 6.73. The summed E-state index contributed by atoms with van der Waals surface area (Å²) in [6, 6.07) is 7.37. The molecule has 2 rings (SSSR count). The number of amides is 2. The minimum Gasteiger partial charge on any atom is -0.369 e. The lowest BCUT2D eigenvalue weighted by molar-refractivity contribution is -0.116. The number of aromatic nitrogens is 3. The molecule has 8 heteroatoms. The average molecular weight is 319 g/mol. The minimum atomic E-state index is -0.398. The zero-order valence-corrected chi connectivity index (χ0v) is 13.2. The molecule has 1 aromatic carbocycles. The van der Waals surface area contributed by atoms with Crippen LogP contribution in [0.2, 0.25) is 0 Å². The van der Waals surface area contributed by atoms with Crippen molar-refractivity contribution in [3.63, 3.8) is 0 Å². The third kappa shape index (κ3) is 3.85. The van der Waals surface area contributed by atoms with Gasteiger partial charge in [-0.05, 0) is 19.1 Å². The first-order chi connectivity index (χ1) is 10.5. The fraction of sp³-hybridized carbons (Fsp3) is 0.286. The molecule has 0 unspecified atom stereocenters. The number of thioether (sulfide) groups is 1. The predicted octanol–water partition coefficient (Wildman–Crippen LogP) is 1.50. The van der Waals surface area contributed by atoms with Crippen LogP contribution in [0.3, 0.4) is 0 Å². The van der Waals surface area contributed by atoms with Crippen LogP contribution < -0.4 is 11.1 Å². The van der Waals surface area contributed by atoms with Crippen LogP contribution in [0.1, 0.15) is 13.8 Å². The van der Waals surface area contributed by atoms with E-state index in [1.165, 1.54) is 18.7 Å². The summed E-state index contributed by atoms with van der Waals surface area (Å²) in [5, 5.41) is 11.7. The van der Waals surface area contributed by atoms with Crippen LogP contribution in [0.4, 0.5) is 5.69 Å². The number of nitrogens with zero attached hydrogens (tertiary/aromatic N) is 3.